The predicted molar refractivity (Wildman–Crippen MR) is 497 cm³/mol. The number of ketones is 3. The lowest BCUT2D eigenvalue weighted by Crippen LogP contribution is -2.58. The van der Waals surface area contributed by atoms with E-state index in [1.54, 1.807) is 103 Å². The number of methoxy groups -OCH3 is 2. The van der Waals surface area contributed by atoms with Gasteiger partial charge in [-0.1, -0.05) is 149 Å². The molecule has 2 aliphatic rings. The predicted octanol–water partition coefficient (Wildman–Crippen LogP) is 9.44. The molecule has 6 rings (SSSR count). The van der Waals surface area contributed by atoms with Gasteiger partial charge in [-0.25, -0.2) is 14.6 Å². The molecule has 0 aliphatic carbocycles. The molecule has 0 bridgehead atoms. The van der Waals surface area contributed by atoms with E-state index in [2.05, 4.69) is 36.9 Å². The van der Waals surface area contributed by atoms with Gasteiger partial charge in [0.15, 0.2) is 11.6 Å². The summed E-state index contributed by atoms with van der Waals surface area (Å²) in [6, 6.07) is 17.1. The maximum atomic E-state index is 15.1. The minimum Gasteiger partial charge on any atom is -0.445 e. The van der Waals surface area contributed by atoms with Gasteiger partial charge in [-0.2, -0.15) is 0 Å². The number of primary amides is 2. The van der Waals surface area contributed by atoms with Crippen molar-refractivity contribution in [3.63, 3.8) is 0 Å². The number of hydrogen-bond acceptors (Lipinski definition) is 22. The zero-order valence-electron chi connectivity index (χ0n) is 79.1. The lowest BCUT2D eigenvalue weighted by molar-refractivity contribution is -0.149. The fraction of sp³-hybridized carbons (Fsp3) is 0.635. The van der Waals surface area contributed by atoms with Gasteiger partial charge in [-0.05, 0) is 123 Å². The number of unbranched alkanes of at least 4 members (excludes halogenated alkanes) is 1. The number of aromatic nitrogens is 1. The number of nitrogens with one attached hydrogen (secondary N) is 6. The van der Waals surface area contributed by atoms with Gasteiger partial charge in [0.2, 0.25) is 53.2 Å². The Morgan fingerprint density at radius 1 is 0.615 bits per heavy atom. The average Bonchev–Trinajstić information content (AvgIpc) is 1.73. The van der Waals surface area contributed by atoms with Gasteiger partial charge in [0.1, 0.15) is 24.5 Å². The number of hydrogen-bond donors (Lipinski definition) is 9. The number of carbonyl (C=O) groups is 14. The number of Topliss-reactive ketones (excluding diaryl/α,β-unsaturated/α-hetero) is 3. The number of thiazole rings is 1. The van der Waals surface area contributed by atoms with Gasteiger partial charge in [0, 0.05) is 133 Å². The van der Waals surface area contributed by atoms with Crippen LogP contribution in [0.25, 0.3) is 0 Å². The van der Waals surface area contributed by atoms with Crippen LogP contribution in [0.2, 0.25) is 0 Å². The molecule has 3 heterocycles. The molecule has 3 aromatic carbocycles. The largest absolute Gasteiger partial charge is 0.445 e. The summed E-state index contributed by atoms with van der Waals surface area (Å²) in [5, 5.41) is 19.6. The lowest BCUT2D eigenvalue weighted by Gasteiger charge is -2.41. The summed E-state index contributed by atoms with van der Waals surface area (Å²) in [5.41, 5.74) is 19.7. The first kappa shape index (κ1) is 109. The molecule has 720 valence electrons. The number of piperidine rings is 1. The SMILES string of the molecule is CC[C@H](C)[C@@H]([C@@H](CC(=O)N1CCC[C@H]1[C@H](OC)[C@@H](C)C(=O)C[C@@H](Cc1ccccc1)c1nccs1)OC)N(C)C(=O)[C@@H](CC(=O)[C@H](C(C)C)N(C)C(=O)OCc1ccc(NC(=O)[C@H](CCCCC(N)=O)NC(=O)[C@@H](NC(=O)[C@@H]2C[C@@H](C(=O)N[C@H](C(=O)C[C@@H](CCCNC(N)=O)C(=O)Nc3ccc(C)cc3)C(C)C)CN(C(=O)CCOCCOCCN)C2)C(C)C)cc1)C(C)C. The molecular formula is C96H146N14O19S. The van der Waals surface area contributed by atoms with Crippen molar-refractivity contribution >= 4 is 105 Å². The Morgan fingerprint density at radius 2 is 1.24 bits per heavy atom. The molecule has 0 unspecified atom stereocenters. The Balaban J connectivity index is 1.10. The van der Waals surface area contributed by atoms with Crippen LogP contribution in [0.4, 0.5) is 21.0 Å². The number of carbonyl (C=O) groups excluding carboxylic acids is 14. The van der Waals surface area contributed by atoms with Crippen molar-refractivity contribution in [3.8, 4) is 0 Å². The first-order chi connectivity index (χ1) is 61.8. The Hall–Kier alpha value is -10.1. The van der Waals surface area contributed by atoms with E-state index in [4.69, 9.17) is 40.9 Å². The number of benzene rings is 3. The lowest BCUT2D eigenvalue weighted by atomic mass is 9.83. The van der Waals surface area contributed by atoms with Gasteiger partial charge < -0.3 is 92.4 Å². The van der Waals surface area contributed by atoms with Gasteiger partial charge in [-0.15, -0.1) is 11.3 Å². The minimum atomic E-state index is -1.28. The van der Waals surface area contributed by atoms with Crippen LogP contribution in [0.3, 0.4) is 0 Å². The number of likely N-dealkylation sites (tertiary alicyclic amines) is 2. The monoisotopic (exact) mass is 1830 g/mol. The molecule has 0 spiro atoms. The highest BCUT2D eigenvalue weighted by molar-refractivity contribution is 7.09. The van der Waals surface area contributed by atoms with Crippen molar-refractivity contribution in [1.29, 1.82) is 0 Å². The zero-order chi connectivity index (χ0) is 96.0. The summed E-state index contributed by atoms with van der Waals surface area (Å²) in [6.45, 7) is 23.0. The number of urea groups is 1. The molecule has 12 N–H and O–H groups in total. The Labute approximate surface area is 771 Å². The van der Waals surface area contributed by atoms with Crippen LogP contribution in [0.5, 0.6) is 0 Å². The van der Waals surface area contributed by atoms with Gasteiger partial charge in [0.05, 0.1) is 92.5 Å². The van der Waals surface area contributed by atoms with E-state index in [-0.39, 0.29) is 170 Å². The summed E-state index contributed by atoms with van der Waals surface area (Å²) in [4.78, 5) is 208. The quantitative estimate of drug-likeness (QED) is 0.0186. The summed E-state index contributed by atoms with van der Waals surface area (Å²) >= 11 is 1.53. The number of likely N-dealkylation sites (N-methyl/N-ethyl adjacent to an activating group) is 2. The molecule has 1 aromatic heterocycles. The molecule has 130 heavy (non-hydrogen) atoms. The van der Waals surface area contributed by atoms with Crippen LogP contribution < -0.4 is 49.1 Å². The molecule has 2 fully saturated rings. The first-order valence-electron chi connectivity index (χ1n) is 46.0. The third-order valence-electron chi connectivity index (χ3n) is 24.9. The number of amides is 12. The third-order valence-corrected chi connectivity index (χ3v) is 25.8. The maximum absolute atomic E-state index is 15.1. The van der Waals surface area contributed by atoms with Crippen LogP contribution in [0, 0.1) is 66.1 Å². The molecule has 0 radical (unpaired) electrons. The number of rotatable bonds is 57. The summed E-state index contributed by atoms with van der Waals surface area (Å²) in [5.74, 6) is -12.0. The smallest absolute Gasteiger partial charge is 0.410 e. The van der Waals surface area contributed by atoms with E-state index in [9.17, 15) is 62.3 Å². The highest BCUT2D eigenvalue weighted by atomic mass is 32.1. The summed E-state index contributed by atoms with van der Waals surface area (Å²) in [6.07, 6.45) is 2.69. The van der Waals surface area contributed by atoms with Crippen LogP contribution in [0.15, 0.2) is 90.4 Å². The normalized spacial score (nSPS) is 17.3. The number of nitrogens with two attached hydrogens (primary N) is 3. The number of anilines is 2. The van der Waals surface area contributed by atoms with E-state index in [0.717, 1.165) is 16.1 Å². The fourth-order valence-electron chi connectivity index (χ4n) is 17.3. The Morgan fingerprint density at radius 3 is 1.81 bits per heavy atom. The number of aryl methyl sites for hydroxylation is 1. The van der Waals surface area contributed by atoms with Crippen LogP contribution in [0.1, 0.15) is 200 Å². The highest BCUT2D eigenvalue weighted by Gasteiger charge is 2.46. The molecule has 34 heteroatoms. The van der Waals surface area contributed by atoms with Crippen molar-refractivity contribution in [1.82, 2.24) is 45.9 Å². The van der Waals surface area contributed by atoms with Crippen molar-refractivity contribution in [2.45, 2.75) is 247 Å². The Bertz CT molecular complexity index is 4290. The average molecular weight is 1830 g/mol. The Kier molecular flexibility index (Phi) is 46.2. The second kappa shape index (κ2) is 55.3. The molecule has 4 aromatic rings. The van der Waals surface area contributed by atoms with E-state index < -0.39 is 149 Å². The molecule has 15 atom stereocenters. The standard InChI is InChI=1S/C96H146N14O19S/c1-17-63(11)86(79(125-15)54-82(116)110-43-24-29-75(110)87(126-16)64(12)76(111)52-68(93-100-42-48-130-93)49-65-25-19-18-20-26-65)107(13)94(122)73(58(2)3)53-78(113)85(61(8)9)108(14)96(124)129-57-66-33-37-72(38-34-66)103-91(120)74(28-21-22-30-80(98)114)104-92(121)84(60(6)7)106-90(119)70-50-69(55-109(56-70)81(115)39-44-127-46-47-128-45-40-97)89(118)105-83(59(4)5)77(112)51-67(27-23-41-101-95(99)123)88(117)102-71-35-31-62(10)32-36-71/h18-20,25-26,31-38,42,48,58-61,63-64,67-70,73-75,79,83-87H,17,21-24,27-30,39-41,43-47,49-57,97H2,1-16H3,(H2,98,114)(H,102,117)(H,103,120)(H,104,121)(H,105,118)(H,106,119)(H3,99,101,123)/t63-,64-,67+,68+,69+,70+,73-,74-,75-,79+,83-,84-,85-,86-,87+/m0/s1. The van der Waals surface area contributed by atoms with Gasteiger partial charge in [-0.3, -0.25) is 57.5 Å². The van der Waals surface area contributed by atoms with Crippen LogP contribution in [-0.4, -0.2) is 243 Å². The van der Waals surface area contributed by atoms with E-state index >= 15 is 4.79 Å². The molecular weight excluding hydrogens is 1690 g/mol. The second-order valence-electron chi connectivity index (χ2n) is 36.2. The third kappa shape index (κ3) is 34.2. The van der Waals surface area contributed by atoms with Gasteiger partial charge >= 0.3 is 12.1 Å². The summed E-state index contributed by atoms with van der Waals surface area (Å²) < 4.78 is 29.2. The highest BCUT2D eigenvalue weighted by Crippen LogP contribution is 2.36. The van der Waals surface area contributed by atoms with Crippen molar-refractivity contribution in [2.24, 2.45) is 76.4 Å². The van der Waals surface area contributed by atoms with E-state index in [1.165, 1.54) is 35.3 Å². The van der Waals surface area contributed by atoms with E-state index in [0.29, 0.717) is 63.1 Å². The van der Waals surface area contributed by atoms with Crippen molar-refractivity contribution in [3.05, 3.63) is 112 Å². The maximum Gasteiger partial charge on any atom is 0.410 e. The zero-order valence-corrected chi connectivity index (χ0v) is 80.0. The second-order valence-corrected chi connectivity index (χ2v) is 37.1. The molecule has 33 nitrogen and oxygen atoms in total. The first-order valence-corrected chi connectivity index (χ1v) is 46.9. The molecule has 12 amide bonds. The van der Waals surface area contributed by atoms with Crippen LogP contribution >= 0.6 is 11.3 Å². The van der Waals surface area contributed by atoms with E-state index in [1.807, 2.05) is 94.3 Å². The van der Waals surface area contributed by atoms with Gasteiger partial charge in [0.25, 0.3) is 0 Å². The molecule has 0 saturated carbocycles. The number of ether oxygens (including phenoxy) is 5. The van der Waals surface area contributed by atoms with Crippen LogP contribution in [-0.2, 0) is 94.2 Å². The molecule has 2 saturated heterocycles. The summed E-state index contributed by atoms with van der Waals surface area (Å²) in [7, 11) is 6.26. The van der Waals surface area contributed by atoms with Crippen molar-refractivity contribution in [2.75, 3.05) is 98.1 Å². The fourth-order valence-corrected chi connectivity index (χ4v) is 18.0. The molecule has 2 aliphatic heterocycles. The minimum absolute atomic E-state index is 0.000273. The van der Waals surface area contributed by atoms with Crippen molar-refractivity contribution < 1.29 is 90.8 Å². The topological polar surface area (TPSA) is 461 Å². The number of nitrogens with zero attached hydrogens (tertiary/aromatic N) is 5.